The van der Waals surface area contributed by atoms with Gasteiger partial charge in [-0.2, -0.15) is 18.4 Å². The van der Waals surface area contributed by atoms with Gasteiger partial charge in [0.15, 0.2) is 11.7 Å². The average Bonchev–Trinajstić information content (AvgIpc) is 2.46. The van der Waals surface area contributed by atoms with Crippen LogP contribution in [0.15, 0.2) is 30.3 Å². The zero-order valence-electron chi connectivity index (χ0n) is 11.9. The van der Waals surface area contributed by atoms with Crippen LogP contribution in [0.5, 0.6) is 0 Å². The van der Waals surface area contributed by atoms with Crippen molar-refractivity contribution in [3.05, 3.63) is 41.5 Å². The Kier molecular flexibility index (Phi) is 5.46. The average molecular weight is 310 g/mol. The van der Waals surface area contributed by atoms with E-state index >= 15 is 0 Å². The molecule has 0 aromatic heterocycles. The molecule has 1 atom stereocenters. The lowest BCUT2D eigenvalue weighted by Crippen LogP contribution is -2.31. The topological polar surface area (TPSA) is 70.0 Å². The van der Waals surface area contributed by atoms with E-state index in [0.29, 0.717) is 0 Å². The SMILES string of the molecule is CNC(=O)[C@@H](C#N)C(=O)/C=C(\C)c1ccccc1C(F)(F)F. The number of carbonyl (C=O) groups is 2. The molecule has 0 radical (unpaired) electrons. The Morgan fingerprint density at radius 3 is 2.41 bits per heavy atom. The number of rotatable bonds is 4. The Hall–Kier alpha value is -2.62. The van der Waals surface area contributed by atoms with E-state index in [0.717, 1.165) is 12.1 Å². The van der Waals surface area contributed by atoms with Gasteiger partial charge in [0.25, 0.3) is 0 Å². The molecule has 1 amide bonds. The number of halogens is 3. The highest BCUT2D eigenvalue weighted by atomic mass is 19.4. The molecule has 0 bridgehead atoms. The second-order valence-corrected chi connectivity index (χ2v) is 4.45. The van der Waals surface area contributed by atoms with E-state index in [2.05, 4.69) is 5.32 Å². The molecule has 1 rings (SSSR count). The molecule has 0 spiro atoms. The van der Waals surface area contributed by atoms with Crippen molar-refractivity contribution in [3.8, 4) is 6.07 Å². The minimum atomic E-state index is -4.57. The van der Waals surface area contributed by atoms with Crippen LogP contribution >= 0.6 is 0 Å². The van der Waals surface area contributed by atoms with Crippen molar-refractivity contribution < 1.29 is 22.8 Å². The van der Waals surface area contributed by atoms with Gasteiger partial charge in [-0.05, 0) is 30.2 Å². The van der Waals surface area contributed by atoms with Gasteiger partial charge in [-0.15, -0.1) is 0 Å². The lowest BCUT2D eigenvalue weighted by Gasteiger charge is -2.13. The summed E-state index contributed by atoms with van der Waals surface area (Å²) in [7, 11) is 1.26. The summed E-state index contributed by atoms with van der Waals surface area (Å²) in [6.45, 7) is 1.32. The molecule has 1 N–H and O–H groups in total. The highest BCUT2D eigenvalue weighted by molar-refractivity contribution is 6.11. The number of nitriles is 1. The molecule has 1 aromatic carbocycles. The maximum atomic E-state index is 12.9. The predicted octanol–water partition coefficient (Wildman–Crippen LogP) is 2.56. The summed E-state index contributed by atoms with van der Waals surface area (Å²) in [4.78, 5) is 23.2. The van der Waals surface area contributed by atoms with Crippen LogP contribution in [0.25, 0.3) is 5.57 Å². The zero-order chi connectivity index (χ0) is 16.9. The fourth-order valence-corrected chi connectivity index (χ4v) is 1.84. The molecule has 0 aliphatic heterocycles. The number of hydrogen-bond acceptors (Lipinski definition) is 3. The molecule has 0 aliphatic rings. The summed E-state index contributed by atoms with van der Waals surface area (Å²) in [5.41, 5.74) is -1.02. The Labute approximate surface area is 125 Å². The van der Waals surface area contributed by atoms with Crippen molar-refractivity contribution in [2.24, 2.45) is 5.92 Å². The first-order valence-corrected chi connectivity index (χ1v) is 6.22. The van der Waals surface area contributed by atoms with Gasteiger partial charge in [-0.1, -0.05) is 18.2 Å². The molecule has 0 saturated carbocycles. The molecule has 22 heavy (non-hydrogen) atoms. The fraction of sp³-hybridized carbons (Fsp3) is 0.267. The van der Waals surface area contributed by atoms with Crippen molar-refractivity contribution >= 4 is 17.3 Å². The van der Waals surface area contributed by atoms with Crippen LogP contribution in [-0.2, 0) is 15.8 Å². The molecular formula is C15H13F3N2O2. The van der Waals surface area contributed by atoms with Gasteiger partial charge in [0.2, 0.25) is 5.91 Å². The summed E-state index contributed by atoms with van der Waals surface area (Å²) >= 11 is 0. The summed E-state index contributed by atoms with van der Waals surface area (Å²) in [6.07, 6.45) is -3.68. The van der Waals surface area contributed by atoms with Crippen LogP contribution in [0, 0.1) is 17.2 Å². The third-order valence-electron chi connectivity index (χ3n) is 2.94. The third-order valence-corrected chi connectivity index (χ3v) is 2.94. The largest absolute Gasteiger partial charge is 0.416 e. The number of carbonyl (C=O) groups excluding carboxylic acids is 2. The normalized spacial score (nSPS) is 13.2. The van der Waals surface area contributed by atoms with Crippen LogP contribution in [0.2, 0.25) is 0 Å². The van der Waals surface area contributed by atoms with E-state index in [1.54, 1.807) is 0 Å². The monoisotopic (exact) mass is 310 g/mol. The van der Waals surface area contributed by atoms with Crippen LogP contribution in [0.1, 0.15) is 18.1 Å². The van der Waals surface area contributed by atoms with Gasteiger partial charge in [0.1, 0.15) is 0 Å². The van der Waals surface area contributed by atoms with Crippen molar-refractivity contribution in [2.75, 3.05) is 7.05 Å². The third kappa shape index (κ3) is 3.95. The van der Waals surface area contributed by atoms with E-state index in [1.165, 1.54) is 38.2 Å². The van der Waals surface area contributed by atoms with Gasteiger partial charge >= 0.3 is 6.18 Å². The van der Waals surface area contributed by atoms with E-state index in [1.807, 2.05) is 0 Å². The molecule has 0 aliphatic carbocycles. The Morgan fingerprint density at radius 2 is 1.91 bits per heavy atom. The van der Waals surface area contributed by atoms with Crippen LogP contribution in [-0.4, -0.2) is 18.7 Å². The van der Waals surface area contributed by atoms with Crippen LogP contribution < -0.4 is 5.32 Å². The molecule has 1 aromatic rings. The molecule has 116 valence electrons. The van der Waals surface area contributed by atoms with Crippen LogP contribution in [0.4, 0.5) is 13.2 Å². The number of amides is 1. The Morgan fingerprint density at radius 1 is 1.32 bits per heavy atom. The summed E-state index contributed by atoms with van der Waals surface area (Å²) in [6, 6.07) is 6.30. The first-order chi connectivity index (χ1) is 10.2. The first-order valence-electron chi connectivity index (χ1n) is 6.22. The highest BCUT2D eigenvalue weighted by Gasteiger charge is 2.33. The molecule has 0 heterocycles. The summed E-state index contributed by atoms with van der Waals surface area (Å²) in [5.74, 6) is -3.25. The minimum Gasteiger partial charge on any atom is -0.358 e. The predicted molar refractivity (Wildman–Crippen MR) is 73.3 cm³/mol. The molecular weight excluding hydrogens is 297 g/mol. The first kappa shape index (κ1) is 17.4. The Balaban J connectivity index is 3.22. The zero-order valence-corrected chi connectivity index (χ0v) is 11.9. The number of nitrogens with one attached hydrogen (secondary N) is 1. The van der Waals surface area contributed by atoms with Gasteiger partial charge in [-0.25, -0.2) is 0 Å². The van der Waals surface area contributed by atoms with Gasteiger partial charge in [-0.3, -0.25) is 9.59 Å². The number of hydrogen-bond donors (Lipinski definition) is 1. The maximum Gasteiger partial charge on any atom is 0.416 e. The van der Waals surface area contributed by atoms with Gasteiger partial charge in [0, 0.05) is 7.05 Å². The molecule has 0 fully saturated rings. The minimum absolute atomic E-state index is 0.0297. The number of nitrogens with zero attached hydrogens (tertiary/aromatic N) is 1. The second-order valence-electron chi connectivity index (χ2n) is 4.45. The lowest BCUT2D eigenvalue weighted by molar-refractivity contribution is -0.138. The number of ketones is 1. The second kappa shape index (κ2) is 6.89. The number of benzene rings is 1. The number of allylic oxidation sites excluding steroid dienone is 2. The van der Waals surface area contributed by atoms with Crippen molar-refractivity contribution in [1.29, 1.82) is 5.26 Å². The van der Waals surface area contributed by atoms with E-state index < -0.39 is 29.3 Å². The summed E-state index contributed by atoms with van der Waals surface area (Å²) < 4.78 is 38.8. The van der Waals surface area contributed by atoms with E-state index in [4.69, 9.17) is 5.26 Å². The number of alkyl halides is 3. The summed E-state index contributed by atoms with van der Waals surface area (Å²) in [5, 5.41) is 11.0. The van der Waals surface area contributed by atoms with Crippen molar-refractivity contribution in [1.82, 2.24) is 5.32 Å². The van der Waals surface area contributed by atoms with E-state index in [-0.39, 0.29) is 11.1 Å². The smallest absolute Gasteiger partial charge is 0.358 e. The van der Waals surface area contributed by atoms with Crippen LogP contribution in [0.3, 0.4) is 0 Å². The van der Waals surface area contributed by atoms with E-state index in [9.17, 15) is 22.8 Å². The quantitative estimate of drug-likeness (QED) is 0.686. The molecule has 7 heteroatoms. The maximum absolute atomic E-state index is 12.9. The molecule has 4 nitrogen and oxygen atoms in total. The lowest BCUT2D eigenvalue weighted by atomic mass is 9.96. The van der Waals surface area contributed by atoms with Gasteiger partial charge in [0.05, 0.1) is 11.6 Å². The highest BCUT2D eigenvalue weighted by Crippen LogP contribution is 2.34. The fourth-order valence-electron chi connectivity index (χ4n) is 1.84. The molecule has 0 saturated heterocycles. The van der Waals surface area contributed by atoms with Crippen molar-refractivity contribution in [3.63, 3.8) is 0 Å². The standard InChI is InChI=1S/C15H13F3N2O2/c1-9(7-13(21)11(8-19)14(22)20-2)10-5-3-4-6-12(10)15(16,17)18/h3-7,11H,1-2H3,(H,20,22)/b9-7+/t11-/m0/s1. The molecule has 0 unspecified atom stereocenters. The van der Waals surface area contributed by atoms with Gasteiger partial charge < -0.3 is 5.32 Å². The van der Waals surface area contributed by atoms with Crippen molar-refractivity contribution in [2.45, 2.75) is 13.1 Å². The Bertz CT molecular complexity index is 657.